The number of hydrogen-bond donors (Lipinski definition) is 3. The molecule has 0 saturated carbocycles. The van der Waals surface area contributed by atoms with Gasteiger partial charge in [0.2, 0.25) is 5.91 Å². The van der Waals surface area contributed by atoms with Crippen LogP contribution in [0.3, 0.4) is 0 Å². The summed E-state index contributed by atoms with van der Waals surface area (Å²) in [7, 11) is 1.25. The minimum atomic E-state index is -0.556. The first-order valence-corrected chi connectivity index (χ1v) is 8.71. The fraction of sp³-hybridized carbons (Fsp3) is 0.286. The SMILES string of the molecule is COC(=O)c1ccc(O)c(CC(=O)Nc2cccc(C(=O)NC(C)(C)C)c2)c1. The molecule has 2 rings (SSSR count). The van der Waals surface area contributed by atoms with E-state index in [9.17, 15) is 19.5 Å². The normalized spacial score (nSPS) is 10.9. The van der Waals surface area contributed by atoms with Crippen LogP contribution in [-0.4, -0.2) is 35.5 Å². The molecular weight excluding hydrogens is 360 g/mol. The summed E-state index contributed by atoms with van der Waals surface area (Å²) >= 11 is 0. The average molecular weight is 384 g/mol. The van der Waals surface area contributed by atoms with Crippen LogP contribution in [0.4, 0.5) is 5.69 Å². The molecule has 0 bridgehead atoms. The van der Waals surface area contributed by atoms with Crippen molar-refractivity contribution in [3.8, 4) is 5.75 Å². The molecule has 148 valence electrons. The highest BCUT2D eigenvalue weighted by molar-refractivity contribution is 5.98. The molecule has 0 radical (unpaired) electrons. The third-order valence-corrected chi connectivity index (χ3v) is 3.75. The summed E-state index contributed by atoms with van der Waals surface area (Å²) in [5.41, 5.74) is 1.03. The molecule has 7 nitrogen and oxygen atoms in total. The number of hydrogen-bond acceptors (Lipinski definition) is 5. The number of amides is 2. The molecule has 2 aromatic rings. The third-order valence-electron chi connectivity index (χ3n) is 3.75. The van der Waals surface area contributed by atoms with Gasteiger partial charge in [0, 0.05) is 22.4 Å². The fourth-order valence-electron chi connectivity index (χ4n) is 2.50. The quantitative estimate of drug-likeness (QED) is 0.688. The number of benzene rings is 2. The lowest BCUT2D eigenvalue weighted by molar-refractivity contribution is -0.115. The number of anilines is 1. The van der Waals surface area contributed by atoms with Gasteiger partial charge in [-0.2, -0.15) is 0 Å². The number of esters is 1. The predicted octanol–water partition coefficient (Wildman–Crippen LogP) is 2.89. The Bertz CT molecular complexity index is 900. The molecule has 0 atom stereocenters. The Labute approximate surface area is 163 Å². The van der Waals surface area contributed by atoms with Crippen LogP contribution in [0, 0.1) is 0 Å². The summed E-state index contributed by atoms with van der Waals surface area (Å²) in [6, 6.07) is 10.7. The first-order valence-electron chi connectivity index (χ1n) is 8.71. The van der Waals surface area contributed by atoms with Crippen molar-refractivity contribution >= 4 is 23.5 Å². The highest BCUT2D eigenvalue weighted by atomic mass is 16.5. The monoisotopic (exact) mass is 384 g/mol. The lowest BCUT2D eigenvalue weighted by atomic mass is 10.1. The zero-order valence-electron chi connectivity index (χ0n) is 16.3. The molecule has 0 heterocycles. The minimum absolute atomic E-state index is 0.0962. The number of aromatic hydroxyl groups is 1. The predicted molar refractivity (Wildman–Crippen MR) is 105 cm³/mol. The molecule has 2 aromatic carbocycles. The van der Waals surface area contributed by atoms with Crippen molar-refractivity contribution in [1.29, 1.82) is 0 Å². The van der Waals surface area contributed by atoms with E-state index in [0.717, 1.165) is 0 Å². The van der Waals surface area contributed by atoms with Gasteiger partial charge in [-0.25, -0.2) is 4.79 Å². The van der Waals surface area contributed by atoms with Crippen molar-refractivity contribution in [1.82, 2.24) is 5.32 Å². The molecule has 3 N–H and O–H groups in total. The lowest BCUT2D eigenvalue weighted by Crippen LogP contribution is -2.40. The van der Waals surface area contributed by atoms with E-state index in [1.165, 1.54) is 25.3 Å². The molecule has 0 aliphatic carbocycles. The number of methoxy groups -OCH3 is 1. The standard InChI is InChI=1S/C21H24N2O5/c1-21(2,3)23-19(26)13-6-5-7-16(11-13)22-18(25)12-15-10-14(20(27)28-4)8-9-17(15)24/h5-11,24H,12H2,1-4H3,(H,22,25)(H,23,26). The first-order chi connectivity index (χ1) is 13.1. The summed E-state index contributed by atoms with van der Waals surface area (Å²) in [6.45, 7) is 5.64. The minimum Gasteiger partial charge on any atom is -0.508 e. The van der Waals surface area contributed by atoms with E-state index < -0.39 is 11.9 Å². The van der Waals surface area contributed by atoms with E-state index in [1.54, 1.807) is 24.3 Å². The van der Waals surface area contributed by atoms with Crippen LogP contribution in [-0.2, 0) is 16.0 Å². The van der Waals surface area contributed by atoms with Gasteiger partial charge in [-0.3, -0.25) is 9.59 Å². The molecule has 2 amide bonds. The van der Waals surface area contributed by atoms with Gasteiger partial charge in [0.1, 0.15) is 5.75 Å². The lowest BCUT2D eigenvalue weighted by Gasteiger charge is -2.20. The first kappa shape index (κ1) is 21.0. The second-order valence-corrected chi connectivity index (χ2v) is 7.34. The molecule has 0 aliphatic rings. The highest BCUT2D eigenvalue weighted by Gasteiger charge is 2.16. The van der Waals surface area contributed by atoms with Crippen LogP contribution >= 0.6 is 0 Å². The molecule has 0 aromatic heterocycles. The van der Waals surface area contributed by atoms with Crippen LogP contribution in [0.25, 0.3) is 0 Å². The maximum absolute atomic E-state index is 12.4. The van der Waals surface area contributed by atoms with E-state index in [1.807, 2.05) is 20.8 Å². The molecule has 0 fully saturated rings. The maximum Gasteiger partial charge on any atom is 0.337 e. The van der Waals surface area contributed by atoms with Crippen LogP contribution in [0.2, 0.25) is 0 Å². The molecule has 0 aliphatic heterocycles. The smallest absolute Gasteiger partial charge is 0.337 e. The fourth-order valence-corrected chi connectivity index (χ4v) is 2.50. The second-order valence-electron chi connectivity index (χ2n) is 7.34. The van der Waals surface area contributed by atoms with Crippen molar-refractivity contribution in [2.75, 3.05) is 12.4 Å². The maximum atomic E-state index is 12.4. The highest BCUT2D eigenvalue weighted by Crippen LogP contribution is 2.20. The Balaban J connectivity index is 2.11. The van der Waals surface area contributed by atoms with Crippen molar-refractivity contribution in [2.24, 2.45) is 0 Å². The molecule has 28 heavy (non-hydrogen) atoms. The third kappa shape index (κ3) is 5.84. The van der Waals surface area contributed by atoms with Crippen LogP contribution < -0.4 is 10.6 Å². The van der Waals surface area contributed by atoms with E-state index in [-0.39, 0.29) is 29.2 Å². The number of nitrogens with one attached hydrogen (secondary N) is 2. The number of carbonyl (C=O) groups is 3. The average Bonchev–Trinajstić information content (AvgIpc) is 2.61. The van der Waals surface area contributed by atoms with E-state index >= 15 is 0 Å². The van der Waals surface area contributed by atoms with Gasteiger partial charge in [0.15, 0.2) is 0 Å². The topological polar surface area (TPSA) is 105 Å². The van der Waals surface area contributed by atoms with E-state index in [2.05, 4.69) is 15.4 Å². The Morgan fingerprint density at radius 2 is 1.75 bits per heavy atom. The molecule has 0 unspecified atom stereocenters. The van der Waals surface area contributed by atoms with Gasteiger partial charge in [-0.15, -0.1) is 0 Å². The summed E-state index contributed by atoms with van der Waals surface area (Å²) in [6.07, 6.45) is -0.144. The van der Waals surface area contributed by atoms with Gasteiger partial charge in [-0.05, 0) is 57.2 Å². The van der Waals surface area contributed by atoms with Crippen LogP contribution in [0.15, 0.2) is 42.5 Å². The Morgan fingerprint density at radius 1 is 1.04 bits per heavy atom. The van der Waals surface area contributed by atoms with Crippen molar-refractivity contribution in [3.05, 3.63) is 59.2 Å². The van der Waals surface area contributed by atoms with Crippen molar-refractivity contribution in [2.45, 2.75) is 32.7 Å². The summed E-state index contributed by atoms with van der Waals surface area (Å²) in [5, 5.41) is 15.5. The van der Waals surface area contributed by atoms with Gasteiger partial charge >= 0.3 is 5.97 Å². The van der Waals surface area contributed by atoms with Crippen LogP contribution in [0.1, 0.15) is 47.1 Å². The molecule has 0 saturated heterocycles. The Hall–Kier alpha value is -3.35. The molecule has 0 spiro atoms. The second kappa shape index (κ2) is 8.56. The Kier molecular flexibility index (Phi) is 6.41. The van der Waals surface area contributed by atoms with Gasteiger partial charge in [0.25, 0.3) is 5.91 Å². The van der Waals surface area contributed by atoms with Crippen molar-refractivity contribution in [3.63, 3.8) is 0 Å². The molecular formula is C21H24N2O5. The van der Waals surface area contributed by atoms with Crippen LogP contribution in [0.5, 0.6) is 5.75 Å². The zero-order valence-corrected chi connectivity index (χ0v) is 16.3. The summed E-state index contributed by atoms with van der Waals surface area (Å²) in [4.78, 5) is 36.2. The van der Waals surface area contributed by atoms with Gasteiger partial charge in [0.05, 0.1) is 19.1 Å². The van der Waals surface area contributed by atoms with Gasteiger partial charge in [-0.1, -0.05) is 6.07 Å². The van der Waals surface area contributed by atoms with Gasteiger partial charge < -0.3 is 20.5 Å². The summed E-state index contributed by atoms with van der Waals surface area (Å²) in [5.74, 6) is -1.29. The number of phenols is 1. The number of ether oxygens (including phenoxy) is 1. The number of rotatable bonds is 5. The Morgan fingerprint density at radius 3 is 2.39 bits per heavy atom. The largest absolute Gasteiger partial charge is 0.508 e. The van der Waals surface area contributed by atoms with E-state index in [4.69, 9.17) is 0 Å². The van der Waals surface area contributed by atoms with Crippen molar-refractivity contribution < 1.29 is 24.2 Å². The zero-order chi connectivity index (χ0) is 20.9. The summed E-state index contributed by atoms with van der Waals surface area (Å²) < 4.78 is 4.64. The molecule has 7 heteroatoms. The number of carbonyl (C=O) groups excluding carboxylic acids is 3. The van der Waals surface area contributed by atoms with E-state index in [0.29, 0.717) is 16.8 Å². The number of phenolic OH excluding ortho intramolecular Hbond substituents is 1.